The van der Waals surface area contributed by atoms with Gasteiger partial charge in [-0.25, -0.2) is 9.59 Å². The number of primary amides is 1. The van der Waals surface area contributed by atoms with Gasteiger partial charge in [-0.3, -0.25) is 5.32 Å². The van der Waals surface area contributed by atoms with E-state index in [1.807, 2.05) is 0 Å². The molecule has 0 unspecified atom stereocenters. The van der Waals surface area contributed by atoms with Gasteiger partial charge in [-0.2, -0.15) is 0 Å². The van der Waals surface area contributed by atoms with Gasteiger partial charge in [0.1, 0.15) is 0 Å². The van der Waals surface area contributed by atoms with E-state index in [0.29, 0.717) is 6.61 Å². The highest BCUT2D eigenvalue weighted by Crippen LogP contribution is 1.75. The number of ether oxygens (including phenoxy) is 2. The van der Waals surface area contributed by atoms with Crippen molar-refractivity contribution in [3.8, 4) is 0 Å². The fraction of sp³-hybridized carbons (Fsp3) is 0.556. The molecule has 94 valence electrons. The van der Waals surface area contributed by atoms with Crippen molar-refractivity contribution >= 4 is 12.1 Å². The molecule has 4 N–H and O–H groups in total. The number of carbonyl (C=O) groups is 2. The molecule has 0 atom stereocenters. The van der Waals surface area contributed by atoms with E-state index < -0.39 is 12.1 Å². The van der Waals surface area contributed by atoms with Gasteiger partial charge in [0.05, 0.1) is 19.9 Å². The molecule has 1 aliphatic rings. The highest BCUT2D eigenvalue weighted by Gasteiger charge is 1.92. The van der Waals surface area contributed by atoms with E-state index in [9.17, 15) is 9.59 Å². The van der Waals surface area contributed by atoms with Gasteiger partial charge in [-0.1, -0.05) is 6.58 Å². The highest BCUT2D eigenvalue weighted by molar-refractivity contribution is 5.78. The normalized spacial score (nSPS) is 12.3. The summed E-state index contributed by atoms with van der Waals surface area (Å²) in [6.07, 6.45) is 0.123. The lowest BCUT2D eigenvalue weighted by Crippen LogP contribution is -2.11. The molecule has 1 amide bonds. The second kappa shape index (κ2) is 13.4. The van der Waals surface area contributed by atoms with E-state index in [1.165, 1.54) is 0 Å². The SMILES string of the molecule is C1COCN1.C=CC(=O)O.CCOC(N)=O. The maximum Gasteiger partial charge on any atom is 0.404 e. The summed E-state index contributed by atoms with van der Waals surface area (Å²) in [4.78, 5) is 18.8. The van der Waals surface area contributed by atoms with Crippen LogP contribution >= 0.6 is 0 Å². The predicted octanol–water partition coefficient (Wildman–Crippen LogP) is -0.0777. The van der Waals surface area contributed by atoms with Crippen LogP contribution in [0.3, 0.4) is 0 Å². The zero-order valence-electron chi connectivity index (χ0n) is 9.27. The molecule has 1 aliphatic heterocycles. The highest BCUT2D eigenvalue weighted by atomic mass is 16.5. The molecule has 0 aliphatic carbocycles. The lowest BCUT2D eigenvalue weighted by atomic mass is 10.7. The Balaban J connectivity index is 0. The minimum Gasteiger partial charge on any atom is -0.478 e. The van der Waals surface area contributed by atoms with Crippen LogP contribution in [0.25, 0.3) is 0 Å². The van der Waals surface area contributed by atoms with Gasteiger partial charge in [-0.15, -0.1) is 0 Å². The van der Waals surface area contributed by atoms with Gasteiger partial charge in [0.2, 0.25) is 0 Å². The first kappa shape index (κ1) is 16.8. The summed E-state index contributed by atoms with van der Waals surface area (Å²) < 4.78 is 9.01. The molecule has 0 aromatic heterocycles. The summed E-state index contributed by atoms with van der Waals surface area (Å²) >= 11 is 0. The smallest absolute Gasteiger partial charge is 0.404 e. The molecule has 7 heteroatoms. The third-order valence-electron chi connectivity index (χ3n) is 1.09. The van der Waals surface area contributed by atoms with Gasteiger partial charge < -0.3 is 20.3 Å². The molecular weight excluding hydrogens is 216 g/mol. The van der Waals surface area contributed by atoms with E-state index >= 15 is 0 Å². The molecule has 0 spiro atoms. The Kier molecular flexibility index (Phi) is 14.1. The molecular formula is C9H18N2O5. The van der Waals surface area contributed by atoms with Crippen LogP contribution in [0.2, 0.25) is 0 Å². The van der Waals surface area contributed by atoms with E-state index in [0.717, 1.165) is 26.0 Å². The summed E-state index contributed by atoms with van der Waals surface area (Å²) in [7, 11) is 0. The van der Waals surface area contributed by atoms with Gasteiger partial charge >= 0.3 is 12.1 Å². The van der Waals surface area contributed by atoms with Crippen LogP contribution in [-0.2, 0) is 14.3 Å². The summed E-state index contributed by atoms with van der Waals surface area (Å²) in [5, 5.41) is 10.6. The van der Waals surface area contributed by atoms with Crippen molar-refractivity contribution in [2.24, 2.45) is 5.73 Å². The standard InChI is InChI=1S/C3H7NO2.C3H7NO.C3H4O2/c1-2-6-3(4)5;1-2-5-3-4-1;1-2-3(4)5/h2H2,1H3,(H2,4,5);4H,1-3H2;2H,1H2,(H,4,5). The summed E-state index contributed by atoms with van der Waals surface area (Å²) in [5.74, 6) is -0.981. The molecule has 1 fully saturated rings. The Bertz CT molecular complexity index is 196. The number of carboxylic acid groups (broad SMARTS) is 1. The molecule has 0 bridgehead atoms. The first-order valence-electron chi connectivity index (χ1n) is 4.60. The minimum absolute atomic E-state index is 0.356. The largest absolute Gasteiger partial charge is 0.478 e. The predicted molar refractivity (Wildman–Crippen MR) is 57.9 cm³/mol. The van der Waals surface area contributed by atoms with Gasteiger partial charge in [0, 0.05) is 12.6 Å². The molecule has 7 nitrogen and oxygen atoms in total. The molecule has 16 heavy (non-hydrogen) atoms. The van der Waals surface area contributed by atoms with Crippen LogP contribution in [-0.4, -0.2) is 43.7 Å². The number of carboxylic acids is 1. The Morgan fingerprint density at radius 3 is 2.31 bits per heavy atom. The van der Waals surface area contributed by atoms with Gasteiger partial charge in [0.15, 0.2) is 0 Å². The third kappa shape index (κ3) is 22.8. The van der Waals surface area contributed by atoms with Crippen molar-refractivity contribution in [1.29, 1.82) is 0 Å². The Morgan fingerprint density at radius 1 is 1.69 bits per heavy atom. The van der Waals surface area contributed by atoms with E-state index in [1.54, 1.807) is 6.92 Å². The van der Waals surface area contributed by atoms with Crippen molar-refractivity contribution in [2.45, 2.75) is 6.92 Å². The number of hydrogen-bond donors (Lipinski definition) is 3. The summed E-state index contributed by atoms with van der Waals surface area (Å²) in [6, 6.07) is 0. The average molecular weight is 234 g/mol. The molecule has 0 aromatic rings. The van der Waals surface area contributed by atoms with E-state index in [2.05, 4.69) is 22.4 Å². The zero-order chi connectivity index (χ0) is 12.8. The maximum absolute atomic E-state index is 9.60. The number of amides is 1. The lowest BCUT2D eigenvalue weighted by Gasteiger charge is -1.89. The number of rotatable bonds is 2. The first-order valence-corrected chi connectivity index (χ1v) is 4.60. The first-order chi connectivity index (χ1) is 7.54. The number of carbonyl (C=O) groups excluding carboxylic acids is 1. The van der Waals surface area contributed by atoms with Crippen LogP contribution in [0.1, 0.15) is 6.92 Å². The summed E-state index contributed by atoms with van der Waals surface area (Å²) in [6.45, 7) is 7.68. The van der Waals surface area contributed by atoms with Crippen LogP contribution in [0, 0.1) is 0 Å². The third-order valence-corrected chi connectivity index (χ3v) is 1.09. The number of nitrogens with one attached hydrogen (secondary N) is 1. The van der Waals surface area contributed by atoms with Crippen molar-refractivity contribution in [3.63, 3.8) is 0 Å². The maximum atomic E-state index is 9.60. The van der Waals surface area contributed by atoms with Crippen LogP contribution in [0.15, 0.2) is 12.7 Å². The Hall–Kier alpha value is -1.60. The average Bonchev–Trinajstić information content (AvgIpc) is 2.76. The van der Waals surface area contributed by atoms with Gasteiger partial charge in [-0.05, 0) is 6.92 Å². The second-order valence-electron chi connectivity index (χ2n) is 2.35. The van der Waals surface area contributed by atoms with E-state index in [-0.39, 0.29) is 0 Å². The van der Waals surface area contributed by atoms with Crippen molar-refractivity contribution < 1.29 is 24.2 Å². The molecule has 1 heterocycles. The van der Waals surface area contributed by atoms with Crippen molar-refractivity contribution in [3.05, 3.63) is 12.7 Å². The molecule has 0 radical (unpaired) electrons. The molecule has 1 rings (SSSR count). The topological polar surface area (TPSA) is 111 Å². The molecule has 0 aromatic carbocycles. The van der Waals surface area contributed by atoms with Crippen LogP contribution in [0.4, 0.5) is 4.79 Å². The monoisotopic (exact) mass is 234 g/mol. The molecule has 1 saturated heterocycles. The summed E-state index contributed by atoms with van der Waals surface area (Å²) in [5.41, 5.74) is 4.54. The van der Waals surface area contributed by atoms with Crippen molar-refractivity contribution in [2.75, 3.05) is 26.5 Å². The Labute approximate surface area is 94.2 Å². The van der Waals surface area contributed by atoms with Crippen LogP contribution in [0.5, 0.6) is 0 Å². The Morgan fingerprint density at radius 2 is 2.25 bits per heavy atom. The number of hydrogen-bond acceptors (Lipinski definition) is 5. The number of nitrogens with two attached hydrogens (primary N) is 1. The number of aliphatic carboxylic acids is 1. The van der Waals surface area contributed by atoms with Crippen molar-refractivity contribution in [1.82, 2.24) is 5.32 Å². The lowest BCUT2D eigenvalue weighted by molar-refractivity contribution is -0.131. The zero-order valence-corrected chi connectivity index (χ0v) is 9.27. The fourth-order valence-electron chi connectivity index (χ4n) is 0.503. The van der Waals surface area contributed by atoms with Crippen LogP contribution < -0.4 is 11.1 Å². The minimum atomic E-state index is -0.981. The van der Waals surface area contributed by atoms with Gasteiger partial charge in [0.25, 0.3) is 0 Å². The second-order valence-corrected chi connectivity index (χ2v) is 2.35. The molecule has 0 saturated carbocycles. The quantitative estimate of drug-likeness (QED) is 0.576. The fourth-order valence-corrected chi connectivity index (χ4v) is 0.503. The van der Waals surface area contributed by atoms with E-state index in [4.69, 9.17) is 9.84 Å².